The Morgan fingerprint density at radius 2 is 2.00 bits per heavy atom. The maximum absolute atomic E-state index is 10.6. The maximum Gasteiger partial charge on any atom is 0.154 e. The van der Waals surface area contributed by atoms with E-state index in [9.17, 15) is 10.2 Å². The minimum Gasteiger partial charge on any atom is -0.396 e. The molecule has 0 amide bonds. The van der Waals surface area contributed by atoms with Gasteiger partial charge in [-0.1, -0.05) is 18.2 Å². The molecule has 2 unspecified atom stereocenters. The number of benzene rings is 1. The standard InChI is InChI=1S/C22H27N5O2S/c23-11-3-7-18(29)16(6-4-12-28)25-21-9-10-22-24-14-17(27(22)26-21)20-13-15-5-1-2-8-19(15)30-20/h1-2,5,8-10,13-14,16,18,28-29H,3-4,6-7,11-12,23H2,(H,25,26). The summed E-state index contributed by atoms with van der Waals surface area (Å²) in [6, 6.07) is 14.0. The Morgan fingerprint density at radius 3 is 2.80 bits per heavy atom. The fourth-order valence-corrected chi connectivity index (χ4v) is 4.67. The number of aliphatic hydroxyl groups is 2. The summed E-state index contributed by atoms with van der Waals surface area (Å²) in [5.74, 6) is 0.664. The van der Waals surface area contributed by atoms with Crippen LogP contribution in [0.25, 0.3) is 26.3 Å². The Labute approximate surface area is 179 Å². The third kappa shape index (κ3) is 4.46. The van der Waals surface area contributed by atoms with Gasteiger partial charge >= 0.3 is 0 Å². The summed E-state index contributed by atoms with van der Waals surface area (Å²) in [6.45, 7) is 0.632. The number of anilines is 1. The summed E-state index contributed by atoms with van der Waals surface area (Å²) in [7, 11) is 0. The molecule has 0 fully saturated rings. The molecule has 4 aromatic rings. The van der Waals surface area contributed by atoms with Crippen molar-refractivity contribution in [2.75, 3.05) is 18.5 Å². The van der Waals surface area contributed by atoms with Crippen molar-refractivity contribution >= 4 is 32.9 Å². The average Bonchev–Trinajstić information content (AvgIpc) is 3.38. The first-order chi connectivity index (χ1) is 14.7. The zero-order valence-corrected chi connectivity index (χ0v) is 17.6. The van der Waals surface area contributed by atoms with Gasteiger partial charge in [-0.2, -0.15) is 0 Å². The van der Waals surface area contributed by atoms with Crippen LogP contribution in [0.4, 0.5) is 5.82 Å². The zero-order chi connectivity index (χ0) is 20.9. The van der Waals surface area contributed by atoms with Crippen LogP contribution in [0.15, 0.2) is 48.7 Å². The Bertz CT molecular complexity index is 1080. The van der Waals surface area contributed by atoms with Crippen molar-refractivity contribution in [2.24, 2.45) is 5.73 Å². The predicted octanol–water partition coefficient (Wildman–Crippen LogP) is 3.26. The van der Waals surface area contributed by atoms with Gasteiger partial charge in [0.2, 0.25) is 0 Å². The molecule has 0 bridgehead atoms. The van der Waals surface area contributed by atoms with Gasteiger partial charge in [0, 0.05) is 11.3 Å². The smallest absolute Gasteiger partial charge is 0.154 e. The lowest BCUT2D eigenvalue weighted by Crippen LogP contribution is -2.34. The molecule has 7 nitrogen and oxygen atoms in total. The number of hydrogen-bond acceptors (Lipinski definition) is 7. The number of aromatic nitrogens is 3. The lowest BCUT2D eigenvalue weighted by Gasteiger charge is -2.24. The second-order valence-electron chi connectivity index (χ2n) is 7.40. The minimum atomic E-state index is -0.553. The second-order valence-corrected chi connectivity index (χ2v) is 8.48. The Balaban J connectivity index is 1.62. The fraction of sp³-hybridized carbons (Fsp3) is 0.364. The molecule has 5 N–H and O–H groups in total. The molecule has 30 heavy (non-hydrogen) atoms. The molecule has 0 spiro atoms. The average molecular weight is 426 g/mol. The van der Waals surface area contributed by atoms with E-state index in [1.54, 1.807) is 11.3 Å². The number of aliphatic hydroxyl groups excluding tert-OH is 2. The van der Waals surface area contributed by atoms with Crippen LogP contribution in [-0.2, 0) is 0 Å². The van der Waals surface area contributed by atoms with Crippen molar-refractivity contribution in [2.45, 2.75) is 37.8 Å². The highest BCUT2D eigenvalue weighted by Gasteiger charge is 2.19. The first kappa shape index (κ1) is 20.7. The highest BCUT2D eigenvalue weighted by molar-refractivity contribution is 7.22. The summed E-state index contributed by atoms with van der Waals surface area (Å²) in [6.07, 6.45) is 3.91. The van der Waals surface area contributed by atoms with Gasteiger partial charge in [-0.25, -0.2) is 9.50 Å². The van der Waals surface area contributed by atoms with Crippen molar-refractivity contribution in [1.29, 1.82) is 0 Å². The number of nitrogens with two attached hydrogens (primary N) is 1. The third-order valence-electron chi connectivity index (χ3n) is 5.22. The quantitative estimate of drug-likeness (QED) is 0.311. The molecule has 2 atom stereocenters. The number of thiophene rings is 1. The van der Waals surface area contributed by atoms with E-state index >= 15 is 0 Å². The molecule has 4 rings (SSSR count). The normalized spacial score (nSPS) is 13.7. The predicted molar refractivity (Wildman–Crippen MR) is 122 cm³/mol. The van der Waals surface area contributed by atoms with Crippen molar-refractivity contribution < 1.29 is 10.2 Å². The summed E-state index contributed by atoms with van der Waals surface area (Å²) in [5.41, 5.74) is 7.29. The number of nitrogens with one attached hydrogen (secondary N) is 1. The van der Waals surface area contributed by atoms with Crippen molar-refractivity contribution in [3.8, 4) is 10.6 Å². The van der Waals surface area contributed by atoms with E-state index in [4.69, 9.17) is 10.8 Å². The number of fused-ring (bicyclic) bond motifs is 2. The fourth-order valence-electron chi connectivity index (χ4n) is 3.62. The summed E-state index contributed by atoms with van der Waals surface area (Å²) < 4.78 is 3.06. The highest BCUT2D eigenvalue weighted by Crippen LogP contribution is 2.33. The van der Waals surface area contributed by atoms with Gasteiger partial charge in [0.25, 0.3) is 0 Å². The molecule has 1 aromatic carbocycles. The van der Waals surface area contributed by atoms with Crippen LogP contribution in [0, 0.1) is 0 Å². The first-order valence-corrected chi connectivity index (χ1v) is 11.1. The number of nitrogens with zero attached hydrogens (tertiary/aromatic N) is 3. The van der Waals surface area contributed by atoms with E-state index in [0.717, 1.165) is 22.6 Å². The van der Waals surface area contributed by atoms with Crippen LogP contribution in [-0.4, -0.2) is 50.1 Å². The maximum atomic E-state index is 10.6. The van der Waals surface area contributed by atoms with Crippen LogP contribution in [0.1, 0.15) is 25.7 Å². The van der Waals surface area contributed by atoms with Crippen LogP contribution in [0.2, 0.25) is 0 Å². The van der Waals surface area contributed by atoms with E-state index in [1.165, 1.54) is 10.1 Å². The van der Waals surface area contributed by atoms with Crippen LogP contribution >= 0.6 is 11.3 Å². The molecule has 3 aromatic heterocycles. The van der Waals surface area contributed by atoms with Gasteiger partial charge in [-0.15, -0.1) is 16.4 Å². The second kappa shape index (κ2) is 9.53. The summed E-state index contributed by atoms with van der Waals surface area (Å²) in [5, 5.41) is 29.1. The lowest BCUT2D eigenvalue weighted by atomic mass is 10.0. The molecule has 3 heterocycles. The largest absolute Gasteiger partial charge is 0.396 e. The number of imidazole rings is 1. The van der Waals surface area contributed by atoms with E-state index in [0.29, 0.717) is 31.6 Å². The molecule has 0 aliphatic heterocycles. The monoisotopic (exact) mass is 425 g/mol. The molecule has 0 aliphatic carbocycles. The van der Waals surface area contributed by atoms with E-state index in [-0.39, 0.29) is 12.6 Å². The van der Waals surface area contributed by atoms with Crippen LogP contribution in [0.3, 0.4) is 0 Å². The van der Waals surface area contributed by atoms with Crippen LogP contribution in [0.5, 0.6) is 0 Å². The topological polar surface area (TPSA) is 109 Å². The number of rotatable bonds is 10. The molecule has 8 heteroatoms. The molecule has 0 aliphatic rings. The zero-order valence-electron chi connectivity index (χ0n) is 16.7. The van der Waals surface area contributed by atoms with E-state index in [2.05, 4.69) is 28.5 Å². The minimum absolute atomic E-state index is 0.0891. The van der Waals surface area contributed by atoms with Crippen molar-refractivity contribution in [3.05, 3.63) is 48.7 Å². The van der Waals surface area contributed by atoms with Gasteiger partial charge < -0.3 is 21.3 Å². The van der Waals surface area contributed by atoms with Gasteiger partial charge in [0.15, 0.2) is 5.65 Å². The SMILES string of the molecule is NCCCC(O)C(CCCO)Nc1ccc2ncc(-c3cc4ccccc4s3)n2n1. The molecular weight excluding hydrogens is 398 g/mol. The molecule has 158 valence electrons. The Hall–Kier alpha value is -2.52. The molecule has 0 saturated carbocycles. The third-order valence-corrected chi connectivity index (χ3v) is 6.35. The van der Waals surface area contributed by atoms with Gasteiger partial charge in [0.05, 0.1) is 23.2 Å². The first-order valence-electron chi connectivity index (χ1n) is 10.3. The lowest BCUT2D eigenvalue weighted by molar-refractivity contribution is 0.132. The Morgan fingerprint density at radius 1 is 1.13 bits per heavy atom. The van der Waals surface area contributed by atoms with Gasteiger partial charge in [-0.05, 0) is 61.9 Å². The summed E-state index contributed by atoms with van der Waals surface area (Å²) >= 11 is 1.71. The van der Waals surface area contributed by atoms with Crippen molar-refractivity contribution in [1.82, 2.24) is 14.6 Å². The number of hydrogen-bond donors (Lipinski definition) is 4. The molecule has 0 radical (unpaired) electrons. The van der Waals surface area contributed by atoms with Crippen molar-refractivity contribution in [3.63, 3.8) is 0 Å². The van der Waals surface area contributed by atoms with E-state index in [1.807, 2.05) is 35.0 Å². The highest BCUT2D eigenvalue weighted by atomic mass is 32.1. The van der Waals surface area contributed by atoms with E-state index < -0.39 is 6.10 Å². The Kier molecular flexibility index (Phi) is 6.59. The molecular formula is C22H27N5O2S. The summed E-state index contributed by atoms with van der Waals surface area (Å²) in [4.78, 5) is 5.60. The molecule has 0 saturated heterocycles. The van der Waals surface area contributed by atoms with Gasteiger partial charge in [-0.3, -0.25) is 0 Å². The van der Waals surface area contributed by atoms with Crippen LogP contribution < -0.4 is 11.1 Å². The van der Waals surface area contributed by atoms with Gasteiger partial charge in [0.1, 0.15) is 11.5 Å².